The topological polar surface area (TPSA) is 20.2 Å². The largest absolute Gasteiger partial charge is 0.396 e. The summed E-state index contributed by atoms with van der Waals surface area (Å²) in [6, 6.07) is 0. The van der Waals surface area contributed by atoms with Crippen molar-refractivity contribution in [3.63, 3.8) is 0 Å². The third-order valence-electron chi connectivity index (χ3n) is 2.53. The smallest absolute Gasteiger partial charge is 0.0433 e. The van der Waals surface area contributed by atoms with E-state index in [4.69, 9.17) is 5.11 Å². The van der Waals surface area contributed by atoms with Crippen molar-refractivity contribution in [2.24, 2.45) is 16.7 Å². The van der Waals surface area contributed by atoms with E-state index >= 15 is 0 Å². The van der Waals surface area contributed by atoms with Crippen molar-refractivity contribution in [2.45, 2.75) is 60.8 Å². The lowest BCUT2D eigenvalue weighted by molar-refractivity contribution is 0.159. The first-order valence-corrected chi connectivity index (χ1v) is 5.77. The molecule has 1 N–H and O–H groups in total. The minimum Gasteiger partial charge on any atom is -0.396 e. The Hall–Kier alpha value is -0.0400. The molecule has 0 aromatic heterocycles. The Bertz CT molecular complexity index is 153. The van der Waals surface area contributed by atoms with Crippen LogP contribution in [0.3, 0.4) is 0 Å². The molecule has 0 saturated heterocycles. The van der Waals surface area contributed by atoms with Crippen LogP contribution in [0.25, 0.3) is 0 Å². The molecule has 0 bridgehead atoms. The molecular formula is C13H28O. The molecule has 0 aromatic carbocycles. The average molecular weight is 200 g/mol. The molecule has 0 fully saturated rings. The zero-order valence-electron chi connectivity index (χ0n) is 10.9. The summed E-state index contributed by atoms with van der Waals surface area (Å²) in [6.07, 6.45) is 3.40. The third-order valence-corrected chi connectivity index (χ3v) is 2.53. The lowest BCUT2D eigenvalue weighted by atomic mass is 9.72. The first-order valence-electron chi connectivity index (χ1n) is 5.77. The standard InChI is InChI=1S/C13H28O/c1-11(7-8-14)9-13(5,6)10-12(2,3)4/h11,14H,7-10H2,1-6H3. The Morgan fingerprint density at radius 3 is 1.93 bits per heavy atom. The first-order chi connectivity index (χ1) is 6.16. The minimum absolute atomic E-state index is 0.326. The van der Waals surface area contributed by atoms with Gasteiger partial charge in [-0.1, -0.05) is 41.5 Å². The number of aliphatic hydroxyl groups is 1. The van der Waals surface area contributed by atoms with Gasteiger partial charge in [0.1, 0.15) is 0 Å². The van der Waals surface area contributed by atoms with Gasteiger partial charge in [-0.3, -0.25) is 0 Å². The maximum absolute atomic E-state index is 8.87. The maximum atomic E-state index is 8.87. The van der Waals surface area contributed by atoms with Crippen LogP contribution < -0.4 is 0 Å². The molecule has 0 aromatic rings. The van der Waals surface area contributed by atoms with Gasteiger partial charge in [0, 0.05) is 6.61 Å². The van der Waals surface area contributed by atoms with E-state index < -0.39 is 0 Å². The van der Waals surface area contributed by atoms with Crippen LogP contribution in [0.15, 0.2) is 0 Å². The van der Waals surface area contributed by atoms with Gasteiger partial charge in [-0.25, -0.2) is 0 Å². The van der Waals surface area contributed by atoms with E-state index in [1.54, 1.807) is 0 Å². The van der Waals surface area contributed by atoms with E-state index in [-0.39, 0.29) is 0 Å². The monoisotopic (exact) mass is 200 g/mol. The molecule has 1 nitrogen and oxygen atoms in total. The van der Waals surface area contributed by atoms with Gasteiger partial charge in [-0.15, -0.1) is 0 Å². The molecule has 0 aliphatic heterocycles. The molecule has 1 heteroatoms. The second-order valence-corrected chi connectivity index (χ2v) is 6.72. The highest BCUT2D eigenvalue weighted by Gasteiger charge is 2.26. The van der Waals surface area contributed by atoms with Gasteiger partial charge >= 0.3 is 0 Å². The van der Waals surface area contributed by atoms with E-state index in [2.05, 4.69) is 41.5 Å². The van der Waals surface area contributed by atoms with Crippen LogP contribution in [-0.4, -0.2) is 11.7 Å². The molecular weight excluding hydrogens is 172 g/mol. The second kappa shape index (κ2) is 5.16. The molecule has 1 unspecified atom stereocenters. The van der Waals surface area contributed by atoms with Gasteiger partial charge in [0.25, 0.3) is 0 Å². The highest BCUT2D eigenvalue weighted by molar-refractivity contribution is 4.78. The Balaban J connectivity index is 4.06. The summed E-state index contributed by atoms with van der Waals surface area (Å²) in [4.78, 5) is 0. The van der Waals surface area contributed by atoms with Crippen LogP contribution in [0.5, 0.6) is 0 Å². The molecule has 1 atom stereocenters. The number of hydrogen-bond acceptors (Lipinski definition) is 1. The third kappa shape index (κ3) is 7.37. The number of rotatable bonds is 5. The van der Waals surface area contributed by atoms with E-state index in [1.165, 1.54) is 12.8 Å². The lowest BCUT2D eigenvalue weighted by Crippen LogP contribution is -2.23. The van der Waals surface area contributed by atoms with Gasteiger partial charge in [-0.2, -0.15) is 0 Å². The quantitative estimate of drug-likeness (QED) is 0.714. The lowest BCUT2D eigenvalue weighted by Gasteiger charge is -2.34. The van der Waals surface area contributed by atoms with Crippen LogP contribution in [0, 0.1) is 16.7 Å². The molecule has 86 valence electrons. The SMILES string of the molecule is CC(CCO)CC(C)(C)CC(C)(C)C. The summed E-state index contributed by atoms with van der Waals surface area (Å²) in [5.74, 6) is 0.636. The normalized spacial score (nSPS) is 15.6. The first kappa shape index (κ1) is 14.0. The molecule has 14 heavy (non-hydrogen) atoms. The molecule has 0 spiro atoms. The molecule has 0 radical (unpaired) electrons. The Labute approximate surface area is 89.9 Å². The second-order valence-electron chi connectivity index (χ2n) is 6.72. The van der Waals surface area contributed by atoms with Crippen LogP contribution in [0.2, 0.25) is 0 Å². The summed E-state index contributed by atoms with van der Waals surface area (Å²) in [5, 5.41) is 8.87. The van der Waals surface area contributed by atoms with Crippen LogP contribution in [-0.2, 0) is 0 Å². The van der Waals surface area contributed by atoms with Crippen LogP contribution in [0.4, 0.5) is 0 Å². The Kier molecular flexibility index (Phi) is 5.14. The minimum atomic E-state index is 0.326. The molecule has 0 saturated carbocycles. The summed E-state index contributed by atoms with van der Waals surface area (Å²) < 4.78 is 0. The fraction of sp³-hybridized carbons (Fsp3) is 1.00. The fourth-order valence-corrected chi connectivity index (χ4v) is 2.77. The van der Waals surface area contributed by atoms with Crippen molar-refractivity contribution in [3.8, 4) is 0 Å². The summed E-state index contributed by atoms with van der Waals surface area (Å²) in [6.45, 7) is 14.1. The predicted octanol–water partition coefficient (Wildman–Crippen LogP) is 3.86. The molecule has 0 aliphatic carbocycles. The van der Waals surface area contributed by atoms with Gasteiger partial charge in [-0.05, 0) is 36.0 Å². The predicted molar refractivity (Wildman–Crippen MR) is 63.3 cm³/mol. The summed E-state index contributed by atoms with van der Waals surface area (Å²) in [7, 11) is 0. The summed E-state index contributed by atoms with van der Waals surface area (Å²) >= 11 is 0. The summed E-state index contributed by atoms with van der Waals surface area (Å²) in [5.41, 5.74) is 0.801. The Morgan fingerprint density at radius 1 is 1.07 bits per heavy atom. The molecule has 0 amide bonds. The highest BCUT2D eigenvalue weighted by Crippen LogP contribution is 2.38. The number of aliphatic hydroxyl groups excluding tert-OH is 1. The molecule has 0 aliphatic rings. The zero-order valence-corrected chi connectivity index (χ0v) is 10.9. The van der Waals surface area contributed by atoms with Crippen molar-refractivity contribution in [1.29, 1.82) is 0 Å². The van der Waals surface area contributed by atoms with Gasteiger partial charge in [0.15, 0.2) is 0 Å². The van der Waals surface area contributed by atoms with E-state index in [0.717, 1.165) is 6.42 Å². The highest BCUT2D eigenvalue weighted by atomic mass is 16.3. The van der Waals surface area contributed by atoms with Crippen molar-refractivity contribution in [3.05, 3.63) is 0 Å². The van der Waals surface area contributed by atoms with Crippen molar-refractivity contribution < 1.29 is 5.11 Å². The average Bonchev–Trinajstić information content (AvgIpc) is 1.78. The van der Waals surface area contributed by atoms with Crippen molar-refractivity contribution in [1.82, 2.24) is 0 Å². The Morgan fingerprint density at radius 2 is 1.57 bits per heavy atom. The van der Waals surface area contributed by atoms with E-state index in [0.29, 0.717) is 23.4 Å². The van der Waals surface area contributed by atoms with E-state index in [1.807, 2.05) is 0 Å². The fourth-order valence-electron chi connectivity index (χ4n) is 2.77. The maximum Gasteiger partial charge on any atom is 0.0433 e. The van der Waals surface area contributed by atoms with Crippen LogP contribution in [0.1, 0.15) is 60.8 Å². The van der Waals surface area contributed by atoms with E-state index in [9.17, 15) is 0 Å². The van der Waals surface area contributed by atoms with Gasteiger partial charge < -0.3 is 5.11 Å². The van der Waals surface area contributed by atoms with Crippen molar-refractivity contribution in [2.75, 3.05) is 6.61 Å². The van der Waals surface area contributed by atoms with Gasteiger partial charge in [0.2, 0.25) is 0 Å². The number of hydrogen-bond donors (Lipinski definition) is 1. The molecule has 0 rings (SSSR count). The van der Waals surface area contributed by atoms with Gasteiger partial charge in [0.05, 0.1) is 0 Å². The van der Waals surface area contributed by atoms with Crippen molar-refractivity contribution >= 4 is 0 Å². The van der Waals surface area contributed by atoms with Crippen LogP contribution >= 0.6 is 0 Å². The zero-order chi connectivity index (χ0) is 11.4. The molecule has 0 heterocycles.